The number of benzene rings is 1. The van der Waals surface area contributed by atoms with Crippen molar-refractivity contribution in [2.75, 3.05) is 6.54 Å². The SMILES string of the molecule is Cn1ncc(C(=O)NCC2(C)NC(=O)NC2=O)c1Cc1ccccc1. The first-order chi connectivity index (χ1) is 11.9. The highest BCUT2D eigenvalue weighted by Crippen LogP contribution is 2.14. The van der Waals surface area contributed by atoms with Gasteiger partial charge < -0.3 is 10.6 Å². The summed E-state index contributed by atoms with van der Waals surface area (Å²) < 4.78 is 1.66. The van der Waals surface area contributed by atoms with E-state index in [2.05, 4.69) is 21.0 Å². The van der Waals surface area contributed by atoms with Gasteiger partial charge >= 0.3 is 6.03 Å². The van der Waals surface area contributed by atoms with Gasteiger partial charge in [0.15, 0.2) is 0 Å². The fourth-order valence-corrected chi connectivity index (χ4v) is 2.71. The molecule has 0 saturated carbocycles. The quantitative estimate of drug-likeness (QED) is 0.682. The standard InChI is InChI=1S/C17H19N5O3/c1-17(15(24)20-16(25)21-17)10-18-14(23)12-9-19-22(2)13(12)8-11-6-4-3-5-7-11/h3-7,9H,8,10H2,1-2H3,(H,18,23)(H2,20,21,24,25). The predicted molar refractivity (Wildman–Crippen MR) is 89.9 cm³/mol. The number of aryl methyl sites for hydroxylation is 1. The van der Waals surface area contributed by atoms with Gasteiger partial charge in [0.1, 0.15) is 5.54 Å². The first kappa shape index (κ1) is 16.7. The summed E-state index contributed by atoms with van der Waals surface area (Å²) in [6.07, 6.45) is 2.07. The molecule has 0 radical (unpaired) electrons. The van der Waals surface area contributed by atoms with Crippen LogP contribution in [0.15, 0.2) is 36.5 Å². The number of aromatic nitrogens is 2. The fraction of sp³-hybridized carbons (Fsp3) is 0.294. The highest BCUT2D eigenvalue weighted by atomic mass is 16.2. The molecule has 2 aromatic rings. The molecule has 1 atom stereocenters. The maximum atomic E-state index is 12.5. The molecule has 2 heterocycles. The lowest BCUT2D eigenvalue weighted by molar-refractivity contribution is -0.123. The molecule has 8 nitrogen and oxygen atoms in total. The van der Waals surface area contributed by atoms with Crippen LogP contribution >= 0.6 is 0 Å². The van der Waals surface area contributed by atoms with Gasteiger partial charge in [0.05, 0.1) is 17.5 Å². The number of amides is 4. The van der Waals surface area contributed by atoms with E-state index >= 15 is 0 Å². The average Bonchev–Trinajstić information content (AvgIpc) is 3.06. The van der Waals surface area contributed by atoms with Crippen molar-refractivity contribution in [1.29, 1.82) is 0 Å². The fourth-order valence-electron chi connectivity index (χ4n) is 2.71. The number of imide groups is 1. The lowest BCUT2D eigenvalue weighted by Crippen LogP contribution is -2.52. The summed E-state index contributed by atoms with van der Waals surface area (Å²) in [6, 6.07) is 9.21. The third-order valence-electron chi connectivity index (χ3n) is 4.24. The Hall–Kier alpha value is -3.16. The molecular weight excluding hydrogens is 322 g/mol. The van der Waals surface area contributed by atoms with Crippen LogP contribution in [0, 0.1) is 0 Å². The Labute approximate surface area is 144 Å². The van der Waals surface area contributed by atoms with Crippen molar-refractivity contribution in [3.8, 4) is 0 Å². The highest BCUT2D eigenvalue weighted by Gasteiger charge is 2.42. The molecule has 4 amide bonds. The van der Waals surface area contributed by atoms with Gasteiger partial charge in [-0.05, 0) is 12.5 Å². The van der Waals surface area contributed by atoms with Gasteiger partial charge in [-0.1, -0.05) is 30.3 Å². The van der Waals surface area contributed by atoms with E-state index in [0.29, 0.717) is 12.0 Å². The van der Waals surface area contributed by atoms with Crippen molar-refractivity contribution in [2.24, 2.45) is 7.05 Å². The summed E-state index contributed by atoms with van der Waals surface area (Å²) in [5.74, 6) is -0.803. The van der Waals surface area contributed by atoms with E-state index in [1.54, 1.807) is 18.7 Å². The molecule has 1 aromatic carbocycles. The number of urea groups is 1. The predicted octanol–water partition coefficient (Wildman–Crippen LogP) is 0.339. The van der Waals surface area contributed by atoms with Crippen LogP contribution < -0.4 is 16.0 Å². The first-order valence-corrected chi connectivity index (χ1v) is 7.85. The van der Waals surface area contributed by atoms with Crippen molar-refractivity contribution in [2.45, 2.75) is 18.9 Å². The molecule has 1 aliphatic heterocycles. The van der Waals surface area contributed by atoms with E-state index in [4.69, 9.17) is 0 Å². The van der Waals surface area contributed by atoms with Crippen LogP contribution in [0.2, 0.25) is 0 Å². The molecule has 1 saturated heterocycles. The Bertz CT molecular complexity index is 830. The zero-order valence-corrected chi connectivity index (χ0v) is 14.0. The van der Waals surface area contributed by atoms with Crippen molar-refractivity contribution in [1.82, 2.24) is 25.7 Å². The summed E-state index contributed by atoms with van der Waals surface area (Å²) in [5.41, 5.74) is 1.12. The highest BCUT2D eigenvalue weighted by molar-refractivity contribution is 6.07. The van der Waals surface area contributed by atoms with Crippen LogP contribution in [-0.2, 0) is 18.3 Å². The topological polar surface area (TPSA) is 105 Å². The summed E-state index contributed by atoms with van der Waals surface area (Å²) in [5, 5.41) is 11.5. The van der Waals surface area contributed by atoms with Crippen molar-refractivity contribution in [3.63, 3.8) is 0 Å². The minimum Gasteiger partial charge on any atom is -0.349 e. The lowest BCUT2D eigenvalue weighted by Gasteiger charge is -2.20. The van der Waals surface area contributed by atoms with Crippen LogP contribution in [-0.4, -0.2) is 39.7 Å². The molecule has 1 unspecified atom stereocenters. The summed E-state index contributed by atoms with van der Waals surface area (Å²) >= 11 is 0. The molecule has 0 spiro atoms. The normalized spacial score (nSPS) is 19.4. The average molecular weight is 341 g/mol. The van der Waals surface area contributed by atoms with Crippen LogP contribution in [0.4, 0.5) is 4.79 Å². The number of carbonyl (C=O) groups excluding carboxylic acids is 3. The molecule has 1 aliphatic rings. The monoisotopic (exact) mass is 341 g/mol. The van der Waals surface area contributed by atoms with Gasteiger partial charge in [0.2, 0.25) is 0 Å². The van der Waals surface area contributed by atoms with Gasteiger partial charge in [0, 0.05) is 20.0 Å². The molecular formula is C17H19N5O3. The summed E-state index contributed by atoms with van der Waals surface area (Å²) in [7, 11) is 1.78. The zero-order valence-electron chi connectivity index (χ0n) is 14.0. The van der Waals surface area contributed by atoms with Crippen LogP contribution in [0.1, 0.15) is 28.5 Å². The van der Waals surface area contributed by atoms with E-state index in [1.807, 2.05) is 30.3 Å². The Morgan fingerprint density at radius 1 is 1.28 bits per heavy atom. The Morgan fingerprint density at radius 3 is 2.64 bits per heavy atom. The second-order valence-corrected chi connectivity index (χ2v) is 6.21. The molecule has 25 heavy (non-hydrogen) atoms. The third kappa shape index (κ3) is 3.37. The number of nitrogens with one attached hydrogen (secondary N) is 3. The molecule has 130 valence electrons. The van der Waals surface area contributed by atoms with E-state index < -0.39 is 17.5 Å². The van der Waals surface area contributed by atoms with E-state index in [0.717, 1.165) is 11.3 Å². The third-order valence-corrected chi connectivity index (χ3v) is 4.24. The van der Waals surface area contributed by atoms with Gasteiger partial charge in [-0.15, -0.1) is 0 Å². The number of nitrogens with zero attached hydrogens (tertiary/aromatic N) is 2. The van der Waals surface area contributed by atoms with Crippen molar-refractivity contribution in [3.05, 3.63) is 53.3 Å². The number of hydrogen-bond acceptors (Lipinski definition) is 4. The smallest absolute Gasteiger partial charge is 0.322 e. The van der Waals surface area contributed by atoms with Crippen molar-refractivity contribution < 1.29 is 14.4 Å². The Balaban J connectivity index is 1.73. The molecule has 3 rings (SSSR count). The molecule has 3 N–H and O–H groups in total. The molecule has 0 aliphatic carbocycles. The van der Waals surface area contributed by atoms with Crippen LogP contribution in [0.5, 0.6) is 0 Å². The summed E-state index contributed by atoms with van der Waals surface area (Å²) in [4.78, 5) is 35.6. The second-order valence-electron chi connectivity index (χ2n) is 6.21. The number of carbonyl (C=O) groups is 3. The Kier molecular flexibility index (Phi) is 4.26. The molecule has 1 aromatic heterocycles. The zero-order chi connectivity index (χ0) is 18.0. The minimum absolute atomic E-state index is 0.0108. The Morgan fingerprint density at radius 2 is 2.00 bits per heavy atom. The van der Waals surface area contributed by atoms with E-state index in [1.165, 1.54) is 6.20 Å². The largest absolute Gasteiger partial charge is 0.349 e. The van der Waals surface area contributed by atoms with E-state index in [9.17, 15) is 14.4 Å². The second kappa shape index (κ2) is 6.39. The van der Waals surface area contributed by atoms with Gasteiger partial charge in [-0.3, -0.25) is 19.6 Å². The maximum Gasteiger partial charge on any atom is 0.322 e. The van der Waals surface area contributed by atoms with Crippen LogP contribution in [0.3, 0.4) is 0 Å². The van der Waals surface area contributed by atoms with Crippen LogP contribution in [0.25, 0.3) is 0 Å². The maximum absolute atomic E-state index is 12.5. The van der Waals surface area contributed by atoms with E-state index in [-0.39, 0.29) is 12.5 Å². The van der Waals surface area contributed by atoms with Gasteiger partial charge in [0.25, 0.3) is 11.8 Å². The molecule has 0 bridgehead atoms. The number of hydrogen-bond donors (Lipinski definition) is 3. The molecule has 8 heteroatoms. The molecule has 1 fully saturated rings. The van der Waals surface area contributed by atoms with Gasteiger partial charge in [-0.25, -0.2) is 4.79 Å². The lowest BCUT2D eigenvalue weighted by atomic mass is 10.0. The summed E-state index contributed by atoms with van der Waals surface area (Å²) in [6.45, 7) is 1.55. The van der Waals surface area contributed by atoms with Crippen molar-refractivity contribution >= 4 is 17.8 Å². The number of rotatable bonds is 5. The van der Waals surface area contributed by atoms with Gasteiger partial charge in [-0.2, -0.15) is 5.10 Å². The minimum atomic E-state index is -1.16. The first-order valence-electron chi connectivity index (χ1n) is 7.85.